The van der Waals surface area contributed by atoms with Crippen LogP contribution in [0.3, 0.4) is 0 Å². The van der Waals surface area contributed by atoms with Crippen molar-refractivity contribution in [1.82, 2.24) is 9.88 Å². The van der Waals surface area contributed by atoms with E-state index in [0.717, 1.165) is 24.2 Å². The maximum absolute atomic E-state index is 13.3. The van der Waals surface area contributed by atoms with Crippen molar-refractivity contribution in [2.45, 2.75) is 19.9 Å². The van der Waals surface area contributed by atoms with Gasteiger partial charge in [0.05, 0.1) is 11.8 Å². The molecule has 1 heterocycles. The maximum atomic E-state index is 13.3. The molecule has 0 radical (unpaired) electrons. The molecule has 0 aliphatic carbocycles. The van der Waals surface area contributed by atoms with E-state index in [1.165, 1.54) is 0 Å². The molecular weight excluding hydrogens is 291 g/mol. The van der Waals surface area contributed by atoms with Crippen LogP contribution in [-0.2, 0) is 6.54 Å². The third-order valence-corrected chi connectivity index (χ3v) is 3.33. The highest BCUT2D eigenvalue weighted by Crippen LogP contribution is 2.18. The molecule has 0 unspecified atom stereocenters. The Kier molecular flexibility index (Phi) is 5.28. The summed E-state index contributed by atoms with van der Waals surface area (Å²) >= 11 is 5.91. The molecule has 0 saturated heterocycles. The third-order valence-electron chi connectivity index (χ3n) is 3.03. The Hall–Kier alpha value is -1.94. The van der Waals surface area contributed by atoms with Crippen LogP contribution in [0.1, 0.15) is 29.3 Å². The zero-order valence-corrected chi connectivity index (χ0v) is 12.5. The number of hydrogen-bond acceptors (Lipinski definition) is 2. The minimum atomic E-state index is -0.570. The minimum Gasteiger partial charge on any atom is -0.334 e. The van der Waals surface area contributed by atoms with Crippen LogP contribution < -0.4 is 0 Å². The van der Waals surface area contributed by atoms with E-state index in [1.54, 1.807) is 4.90 Å². The largest absolute Gasteiger partial charge is 0.334 e. The van der Waals surface area contributed by atoms with Gasteiger partial charge in [0.15, 0.2) is 0 Å². The Morgan fingerprint density at radius 1 is 1.33 bits per heavy atom. The molecule has 0 fully saturated rings. The average Bonchev–Trinajstić information content (AvgIpc) is 2.49. The van der Waals surface area contributed by atoms with Crippen molar-refractivity contribution in [3.63, 3.8) is 0 Å². The smallest absolute Gasteiger partial charge is 0.257 e. The lowest BCUT2D eigenvalue weighted by atomic mass is 10.1. The molecule has 0 atom stereocenters. The predicted octanol–water partition coefficient (Wildman–Crippen LogP) is 3.93. The molecule has 0 bridgehead atoms. The summed E-state index contributed by atoms with van der Waals surface area (Å²) in [7, 11) is 0. The van der Waals surface area contributed by atoms with Gasteiger partial charge in [-0.05, 0) is 18.1 Å². The molecule has 0 spiro atoms. The van der Waals surface area contributed by atoms with Gasteiger partial charge in [0.1, 0.15) is 11.0 Å². The van der Waals surface area contributed by atoms with Crippen molar-refractivity contribution >= 4 is 17.5 Å². The summed E-state index contributed by atoms with van der Waals surface area (Å²) in [5.74, 6) is -0.878. The second kappa shape index (κ2) is 7.18. The van der Waals surface area contributed by atoms with Crippen molar-refractivity contribution in [2.75, 3.05) is 6.54 Å². The Balaban J connectivity index is 2.25. The summed E-state index contributed by atoms with van der Waals surface area (Å²) in [5.41, 5.74) is 1.11. The molecule has 2 aromatic rings. The highest BCUT2D eigenvalue weighted by atomic mass is 35.5. The number of amides is 1. The van der Waals surface area contributed by atoms with Crippen molar-refractivity contribution in [2.24, 2.45) is 0 Å². The first-order chi connectivity index (χ1) is 10.1. The Bertz CT molecular complexity index is 619. The summed E-state index contributed by atoms with van der Waals surface area (Å²) in [6.07, 6.45) is 1.80. The highest BCUT2D eigenvalue weighted by Gasteiger charge is 2.19. The highest BCUT2D eigenvalue weighted by molar-refractivity contribution is 6.32. The third kappa shape index (κ3) is 4.02. The zero-order chi connectivity index (χ0) is 15.2. The lowest BCUT2D eigenvalue weighted by molar-refractivity contribution is 0.0742. The molecule has 1 aromatic carbocycles. The molecule has 0 N–H and O–H groups in total. The number of carbonyl (C=O) groups excluding carboxylic acids is 1. The Labute approximate surface area is 128 Å². The molecule has 1 amide bonds. The van der Waals surface area contributed by atoms with Gasteiger partial charge in [-0.3, -0.25) is 4.79 Å². The predicted molar refractivity (Wildman–Crippen MR) is 80.7 cm³/mol. The van der Waals surface area contributed by atoms with Crippen molar-refractivity contribution in [3.05, 3.63) is 64.7 Å². The zero-order valence-electron chi connectivity index (χ0n) is 11.7. The number of hydrogen-bond donors (Lipinski definition) is 0. The summed E-state index contributed by atoms with van der Waals surface area (Å²) in [5, 5.41) is 0.0237. The van der Waals surface area contributed by atoms with Crippen molar-refractivity contribution in [3.8, 4) is 0 Å². The molecule has 0 aliphatic heterocycles. The van der Waals surface area contributed by atoms with Gasteiger partial charge in [-0.2, -0.15) is 0 Å². The lowest BCUT2D eigenvalue weighted by Crippen LogP contribution is -2.31. The van der Waals surface area contributed by atoms with Gasteiger partial charge >= 0.3 is 0 Å². The van der Waals surface area contributed by atoms with Crippen LogP contribution in [0.2, 0.25) is 5.15 Å². The van der Waals surface area contributed by atoms with Crippen molar-refractivity contribution < 1.29 is 9.18 Å². The first-order valence-electron chi connectivity index (χ1n) is 6.76. The summed E-state index contributed by atoms with van der Waals surface area (Å²) in [6.45, 7) is 3.01. The lowest BCUT2D eigenvalue weighted by Gasteiger charge is -2.22. The van der Waals surface area contributed by atoms with Crippen LogP contribution in [0, 0.1) is 5.82 Å². The van der Waals surface area contributed by atoms with Gasteiger partial charge in [-0.25, -0.2) is 9.37 Å². The van der Waals surface area contributed by atoms with E-state index in [2.05, 4.69) is 4.98 Å². The van der Waals surface area contributed by atoms with Crippen LogP contribution >= 0.6 is 11.6 Å². The monoisotopic (exact) mass is 306 g/mol. The number of carbonyl (C=O) groups is 1. The maximum Gasteiger partial charge on any atom is 0.257 e. The van der Waals surface area contributed by atoms with Gasteiger partial charge in [0.2, 0.25) is 0 Å². The van der Waals surface area contributed by atoms with E-state index in [4.69, 9.17) is 11.6 Å². The first-order valence-corrected chi connectivity index (χ1v) is 7.14. The average molecular weight is 307 g/mol. The Morgan fingerprint density at radius 2 is 2.05 bits per heavy atom. The van der Waals surface area contributed by atoms with Crippen LogP contribution in [0.15, 0.2) is 42.6 Å². The SMILES string of the molecule is CCCN(Cc1ccccc1)C(=O)c1cc(F)cnc1Cl. The topological polar surface area (TPSA) is 33.2 Å². The second-order valence-electron chi connectivity index (χ2n) is 4.70. The van der Waals surface area contributed by atoms with E-state index in [-0.39, 0.29) is 16.6 Å². The van der Waals surface area contributed by atoms with E-state index in [0.29, 0.717) is 13.1 Å². The van der Waals surface area contributed by atoms with Gasteiger partial charge in [0, 0.05) is 13.1 Å². The molecule has 2 rings (SSSR count). The number of benzene rings is 1. The van der Waals surface area contributed by atoms with Crippen LogP contribution in [0.4, 0.5) is 4.39 Å². The van der Waals surface area contributed by atoms with E-state index < -0.39 is 5.82 Å². The molecule has 0 saturated carbocycles. The molecule has 3 nitrogen and oxygen atoms in total. The minimum absolute atomic E-state index is 0.0237. The number of nitrogens with zero attached hydrogens (tertiary/aromatic N) is 2. The van der Waals surface area contributed by atoms with Crippen molar-refractivity contribution in [1.29, 1.82) is 0 Å². The summed E-state index contributed by atoms with van der Waals surface area (Å²) < 4.78 is 13.3. The second-order valence-corrected chi connectivity index (χ2v) is 5.06. The molecule has 110 valence electrons. The molecule has 0 aliphatic rings. The molecule has 5 heteroatoms. The van der Waals surface area contributed by atoms with Crippen LogP contribution in [-0.4, -0.2) is 22.3 Å². The van der Waals surface area contributed by atoms with E-state index >= 15 is 0 Å². The fraction of sp³-hybridized carbons (Fsp3) is 0.250. The summed E-state index contributed by atoms with van der Waals surface area (Å²) in [4.78, 5) is 17.9. The molecule has 1 aromatic heterocycles. The fourth-order valence-corrected chi connectivity index (χ4v) is 2.25. The number of pyridine rings is 1. The van der Waals surface area contributed by atoms with E-state index in [1.807, 2.05) is 37.3 Å². The first kappa shape index (κ1) is 15.4. The number of rotatable bonds is 5. The normalized spacial score (nSPS) is 10.4. The summed E-state index contributed by atoms with van der Waals surface area (Å²) in [6, 6.07) is 10.8. The van der Waals surface area contributed by atoms with Gasteiger partial charge < -0.3 is 4.90 Å². The molecule has 21 heavy (non-hydrogen) atoms. The number of halogens is 2. The van der Waals surface area contributed by atoms with Gasteiger partial charge in [-0.15, -0.1) is 0 Å². The standard InChI is InChI=1S/C16H16ClFN2O/c1-2-8-20(11-12-6-4-3-5-7-12)16(21)14-9-13(18)10-19-15(14)17/h3-7,9-10H,2,8,11H2,1H3. The fourth-order valence-electron chi connectivity index (χ4n) is 2.07. The van der Waals surface area contributed by atoms with Crippen LogP contribution in [0.5, 0.6) is 0 Å². The van der Waals surface area contributed by atoms with E-state index in [9.17, 15) is 9.18 Å². The van der Waals surface area contributed by atoms with Gasteiger partial charge in [0.25, 0.3) is 5.91 Å². The Morgan fingerprint density at radius 3 is 2.71 bits per heavy atom. The quantitative estimate of drug-likeness (QED) is 0.784. The molecular formula is C16H16ClFN2O. The van der Waals surface area contributed by atoms with Crippen LogP contribution in [0.25, 0.3) is 0 Å². The van der Waals surface area contributed by atoms with Gasteiger partial charge in [-0.1, -0.05) is 48.9 Å². The number of aromatic nitrogens is 1.